The Kier molecular flexibility index (Phi) is 4.11. The number of carbonyl (C=O) groups is 1. The summed E-state index contributed by atoms with van der Waals surface area (Å²) in [5, 5.41) is 0. The molecular weight excluding hydrogens is 283 g/mol. The molecule has 0 atom stereocenters. The minimum Gasteiger partial charge on any atom is -0.341 e. The van der Waals surface area contributed by atoms with Crippen molar-refractivity contribution in [2.24, 2.45) is 0 Å². The van der Waals surface area contributed by atoms with Gasteiger partial charge in [-0.05, 0) is 37.3 Å². The van der Waals surface area contributed by atoms with Crippen LogP contribution in [0.4, 0.5) is 10.1 Å². The van der Waals surface area contributed by atoms with Gasteiger partial charge < -0.3 is 9.88 Å². The maximum atomic E-state index is 13.1. The fourth-order valence-electron chi connectivity index (χ4n) is 1.69. The Labute approximate surface area is 119 Å². The Bertz CT molecular complexity index is 663. The van der Waals surface area contributed by atoms with Gasteiger partial charge in [-0.15, -0.1) is 11.3 Å². The number of aryl methyl sites for hydroxylation is 1. The Hall–Kier alpha value is -1.53. The molecule has 1 aromatic carbocycles. The number of nitrogens with zero attached hydrogens (tertiary/aromatic N) is 1. The number of aromatic amines is 1. The van der Waals surface area contributed by atoms with Gasteiger partial charge in [0.15, 0.2) is 3.95 Å². The summed E-state index contributed by atoms with van der Waals surface area (Å²) in [7, 11) is 1.64. The lowest BCUT2D eigenvalue weighted by molar-refractivity contribution is -0.117. The first-order chi connectivity index (χ1) is 8.97. The van der Waals surface area contributed by atoms with Crippen molar-refractivity contribution >= 4 is 35.1 Å². The lowest BCUT2D eigenvalue weighted by atomic mass is 10.2. The number of nitrogens with one attached hydrogen (secondary N) is 1. The summed E-state index contributed by atoms with van der Waals surface area (Å²) in [4.78, 5) is 17.5. The zero-order valence-corrected chi connectivity index (χ0v) is 12.2. The topological polar surface area (TPSA) is 36.1 Å². The molecule has 0 spiro atoms. The fraction of sp³-hybridized carbons (Fsp3) is 0.231. The number of amides is 1. The van der Waals surface area contributed by atoms with Gasteiger partial charge in [0.1, 0.15) is 5.82 Å². The number of aromatic nitrogens is 1. The second-order valence-electron chi connectivity index (χ2n) is 4.17. The summed E-state index contributed by atoms with van der Waals surface area (Å²) >= 11 is 6.43. The van der Waals surface area contributed by atoms with Crippen LogP contribution in [-0.4, -0.2) is 17.9 Å². The molecule has 0 saturated carbocycles. The lowest BCUT2D eigenvalue weighted by Gasteiger charge is -2.17. The minimum atomic E-state index is -0.356. The highest BCUT2D eigenvalue weighted by atomic mass is 32.1. The summed E-state index contributed by atoms with van der Waals surface area (Å²) in [6.07, 6.45) is 0.261. The summed E-state index contributed by atoms with van der Waals surface area (Å²) < 4.78 is 13.8. The van der Waals surface area contributed by atoms with Crippen molar-refractivity contribution in [1.82, 2.24) is 4.98 Å². The van der Waals surface area contributed by atoms with Crippen molar-refractivity contribution in [2.75, 3.05) is 11.9 Å². The van der Waals surface area contributed by atoms with Crippen molar-refractivity contribution in [3.05, 3.63) is 44.6 Å². The molecule has 1 amide bonds. The average molecular weight is 296 g/mol. The molecule has 3 nitrogen and oxygen atoms in total. The van der Waals surface area contributed by atoms with Gasteiger partial charge in [0, 0.05) is 23.3 Å². The molecule has 6 heteroatoms. The number of hydrogen-bond donors (Lipinski definition) is 1. The monoisotopic (exact) mass is 296 g/mol. The number of H-pyrrole nitrogens is 1. The number of benzene rings is 1. The molecule has 1 heterocycles. The van der Waals surface area contributed by atoms with E-state index in [1.165, 1.54) is 28.4 Å². The standard InChI is InChI=1S/C13H13FN2OS2/c1-8-11(19-13(18)15-8)7-12(17)16(2)10-5-3-4-9(14)6-10/h3-6H,7H2,1-2H3,(H,15,18). The minimum absolute atomic E-state index is 0.0982. The van der Waals surface area contributed by atoms with E-state index in [-0.39, 0.29) is 18.1 Å². The molecule has 2 rings (SSSR count). The highest BCUT2D eigenvalue weighted by Crippen LogP contribution is 2.19. The van der Waals surface area contributed by atoms with E-state index in [0.29, 0.717) is 9.64 Å². The van der Waals surface area contributed by atoms with Crippen molar-refractivity contribution in [3.8, 4) is 0 Å². The van der Waals surface area contributed by atoms with Gasteiger partial charge in [-0.25, -0.2) is 4.39 Å². The highest BCUT2D eigenvalue weighted by Gasteiger charge is 2.14. The third kappa shape index (κ3) is 3.27. The van der Waals surface area contributed by atoms with Crippen molar-refractivity contribution < 1.29 is 9.18 Å². The SMILES string of the molecule is Cc1[nH]c(=S)sc1CC(=O)N(C)c1cccc(F)c1. The quantitative estimate of drug-likeness (QED) is 0.881. The molecule has 0 bridgehead atoms. The van der Waals surface area contributed by atoms with Gasteiger partial charge in [0.2, 0.25) is 5.91 Å². The van der Waals surface area contributed by atoms with E-state index in [1.807, 2.05) is 6.92 Å². The normalized spacial score (nSPS) is 10.5. The largest absolute Gasteiger partial charge is 0.341 e. The van der Waals surface area contributed by atoms with E-state index in [4.69, 9.17) is 12.2 Å². The summed E-state index contributed by atoms with van der Waals surface area (Å²) in [5.41, 5.74) is 1.46. The molecule has 2 aromatic rings. The van der Waals surface area contributed by atoms with E-state index in [1.54, 1.807) is 19.2 Å². The third-order valence-corrected chi connectivity index (χ3v) is 4.14. The molecule has 1 aromatic heterocycles. The van der Waals surface area contributed by atoms with Gasteiger partial charge in [-0.2, -0.15) is 0 Å². The average Bonchev–Trinajstić information content (AvgIpc) is 2.66. The molecule has 19 heavy (non-hydrogen) atoms. The van der Waals surface area contributed by atoms with Crippen LogP contribution in [0.1, 0.15) is 10.6 Å². The van der Waals surface area contributed by atoms with Crippen LogP contribution in [0.5, 0.6) is 0 Å². The Morgan fingerprint density at radius 2 is 2.26 bits per heavy atom. The van der Waals surface area contributed by atoms with Crippen LogP contribution in [0, 0.1) is 16.7 Å². The van der Waals surface area contributed by atoms with E-state index in [0.717, 1.165) is 10.6 Å². The Morgan fingerprint density at radius 1 is 1.53 bits per heavy atom. The molecular formula is C13H13FN2OS2. The van der Waals surface area contributed by atoms with Crippen molar-refractivity contribution in [3.63, 3.8) is 0 Å². The van der Waals surface area contributed by atoms with E-state index in [9.17, 15) is 9.18 Å². The molecule has 0 aliphatic carbocycles. The fourth-order valence-corrected chi connectivity index (χ4v) is 2.97. The van der Waals surface area contributed by atoms with E-state index in [2.05, 4.69) is 4.98 Å². The summed E-state index contributed by atoms with van der Waals surface area (Å²) in [6, 6.07) is 5.97. The van der Waals surface area contributed by atoms with Crippen LogP contribution in [0.15, 0.2) is 24.3 Å². The smallest absolute Gasteiger partial charge is 0.232 e. The van der Waals surface area contributed by atoms with Gasteiger partial charge in [-0.1, -0.05) is 6.07 Å². The van der Waals surface area contributed by atoms with Crippen molar-refractivity contribution in [2.45, 2.75) is 13.3 Å². The Balaban J connectivity index is 2.16. The first-order valence-corrected chi connectivity index (χ1v) is 6.90. The number of rotatable bonds is 3. The molecule has 0 fully saturated rings. The highest BCUT2D eigenvalue weighted by molar-refractivity contribution is 7.73. The predicted molar refractivity (Wildman–Crippen MR) is 77.8 cm³/mol. The maximum Gasteiger partial charge on any atom is 0.232 e. The summed E-state index contributed by atoms with van der Waals surface area (Å²) in [5.74, 6) is -0.454. The first-order valence-electron chi connectivity index (χ1n) is 5.68. The van der Waals surface area contributed by atoms with Gasteiger partial charge in [-0.3, -0.25) is 4.79 Å². The lowest BCUT2D eigenvalue weighted by Crippen LogP contribution is -2.27. The van der Waals surface area contributed by atoms with Crippen LogP contribution in [-0.2, 0) is 11.2 Å². The maximum absolute atomic E-state index is 13.1. The second-order valence-corrected chi connectivity index (χ2v) is 5.94. The predicted octanol–water partition coefficient (Wildman–Crippen LogP) is 3.46. The molecule has 0 saturated heterocycles. The van der Waals surface area contributed by atoms with Crippen LogP contribution in [0.3, 0.4) is 0 Å². The molecule has 0 aliphatic rings. The van der Waals surface area contributed by atoms with Crippen LogP contribution in [0.2, 0.25) is 0 Å². The number of anilines is 1. The van der Waals surface area contributed by atoms with E-state index < -0.39 is 0 Å². The number of likely N-dealkylation sites (N-methyl/N-ethyl adjacent to an activating group) is 1. The molecule has 100 valence electrons. The summed E-state index contributed by atoms with van der Waals surface area (Å²) in [6.45, 7) is 1.89. The zero-order chi connectivity index (χ0) is 14.0. The third-order valence-electron chi connectivity index (χ3n) is 2.81. The Morgan fingerprint density at radius 3 is 2.84 bits per heavy atom. The van der Waals surface area contributed by atoms with Gasteiger partial charge >= 0.3 is 0 Å². The number of halogens is 1. The number of hydrogen-bond acceptors (Lipinski definition) is 3. The van der Waals surface area contributed by atoms with Gasteiger partial charge in [0.25, 0.3) is 0 Å². The number of thiazole rings is 1. The number of carbonyl (C=O) groups excluding carboxylic acids is 1. The molecule has 0 aliphatic heterocycles. The van der Waals surface area contributed by atoms with Crippen LogP contribution in [0.25, 0.3) is 0 Å². The van der Waals surface area contributed by atoms with Crippen molar-refractivity contribution in [1.29, 1.82) is 0 Å². The second kappa shape index (κ2) is 5.63. The molecule has 0 radical (unpaired) electrons. The molecule has 1 N–H and O–H groups in total. The van der Waals surface area contributed by atoms with E-state index >= 15 is 0 Å². The van der Waals surface area contributed by atoms with Crippen LogP contribution < -0.4 is 4.90 Å². The molecule has 0 unspecified atom stereocenters. The van der Waals surface area contributed by atoms with Crippen LogP contribution >= 0.6 is 23.6 Å². The van der Waals surface area contributed by atoms with Gasteiger partial charge in [0.05, 0.1) is 6.42 Å². The first kappa shape index (κ1) is 13.9. The zero-order valence-electron chi connectivity index (χ0n) is 10.6.